The van der Waals surface area contributed by atoms with Crippen molar-refractivity contribution in [2.24, 2.45) is 0 Å². The summed E-state index contributed by atoms with van der Waals surface area (Å²) in [6, 6.07) is 11.9. The monoisotopic (exact) mass is 469 g/mol. The zero-order chi connectivity index (χ0) is 24.1. The number of benzene rings is 2. The van der Waals surface area contributed by atoms with Crippen LogP contribution in [0.5, 0.6) is 5.75 Å². The van der Waals surface area contributed by atoms with Crippen molar-refractivity contribution in [3.05, 3.63) is 76.0 Å². The van der Waals surface area contributed by atoms with Gasteiger partial charge in [-0.1, -0.05) is 17.2 Å². The third-order valence-corrected chi connectivity index (χ3v) is 5.24. The molecule has 3 aromatic rings. The Labute approximate surface area is 196 Å². The van der Waals surface area contributed by atoms with Gasteiger partial charge in [-0.3, -0.25) is 14.2 Å². The minimum Gasteiger partial charge on any atom is -0.497 e. The zero-order valence-electron chi connectivity index (χ0n) is 18.8. The second-order valence-corrected chi connectivity index (χ2v) is 8.03. The first kappa shape index (κ1) is 24.1. The van der Waals surface area contributed by atoms with Crippen LogP contribution in [-0.2, 0) is 25.5 Å². The third-order valence-electron chi connectivity index (χ3n) is 4.98. The highest BCUT2D eigenvalue weighted by atomic mass is 35.5. The fourth-order valence-corrected chi connectivity index (χ4v) is 3.55. The molecule has 2 aromatic carbocycles. The van der Waals surface area contributed by atoms with Crippen LogP contribution in [0.25, 0.3) is 10.9 Å². The molecular formula is C25H24ClNO6. The Morgan fingerprint density at radius 1 is 1.03 bits per heavy atom. The number of nitrogens with zero attached hydrogens (tertiary/aromatic N) is 1. The van der Waals surface area contributed by atoms with Gasteiger partial charge in [0.1, 0.15) is 5.75 Å². The van der Waals surface area contributed by atoms with E-state index in [9.17, 15) is 14.4 Å². The normalized spacial score (nSPS) is 10.6. The lowest BCUT2D eigenvalue weighted by Crippen LogP contribution is -2.15. The van der Waals surface area contributed by atoms with Gasteiger partial charge in [0.15, 0.2) is 0 Å². The maximum absolute atomic E-state index is 13.3. The van der Waals surface area contributed by atoms with Gasteiger partial charge in [-0.05, 0) is 68.8 Å². The number of carbonyl (C=O) groups excluding carboxylic acids is 3. The molecule has 1 heterocycles. The molecule has 0 spiro atoms. The van der Waals surface area contributed by atoms with Gasteiger partial charge in [-0.25, -0.2) is 4.79 Å². The first-order chi connectivity index (χ1) is 15.7. The van der Waals surface area contributed by atoms with E-state index in [2.05, 4.69) is 0 Å². The Balaban J connectivity index is 1.91. The van der Waals surface area contributed by atoms with Gasteiger partial charge in [0, 0.05) is 27.7 Å². The molecule has 3 rings (SSSR count). The maximum Gasteiger partial charge on any atom is 0.333 e. The second kappa shape index (κ2) is 10.4. The van der Waals surface area contributed by atoms with E-state index < -0.39 is 18.7 Å². The summed E-state index contributed by atoms with van der Waals surface area (Å²) in [5.74, 6) is -0.851. The van der Waals surface area contributed by atoms with Crippen molar-refractivity contribution in [3.8, 4) is 5.75 Å². The minimum atomic E-state index is -0.594. The number of aromatic nitrogens is 1. The van der Waals surface area contributed by atoms with Crippen LogP contribution in [-0.4, -0.2) is 36.3 Å². The Kier molecular flexibility index (Phi) is 7.55. The first-order valence-electron chi connectivity index (χ1n) is 10.2. The van der Waals surface area contributed by atoms with Gasteiger partial charge in [-0.2, -0.15) is 0 Å². The molecule has 33 heavy (non-hydrogen) atoms. The van der Waals surface area contributed by atoms with Crippen molar-refractivity contribution in [2.75, 3.05) is 13.9 Å². The van der Waals surface area contributed by atoms with Crippen molar-refractivity contribution in [1.82, 2.24) is 4.57 Å². The Morgan fingerprint density at radius 3 is 2.36 bits per heavy atom. The van der Waals surface area contributed by atoms with Crippen LogP contribution in [0.3, 0.4) is 0 Å². The SMILES string of the molecule is COc1ccc2c(c1)c(CC(=O)OCOC(=O)C=C(C)C)c(C)n2C(=O)c1ccc(Cl)cc1. The average molecular weight is 470 g/mol. The van der Waals surface area contributed by atoms with Crippen LogP contribution in [0.15, 0.2) is 54.1 Å². The number of hydrogen-bond donors (Lipinski definition) is 0. The van der Waals surface area contributed by atoms with Crippen LogP contribution < -0.4 is 4.74 Å². The minimum absolute atomic E-state index is 0.114. The molecule has 172 valence electrons. The lowest BCUT2D eigenvalue weighted by Gasteiger charge is -2.08. The highest BCUT2D eigenvalue weighted by Crippen LogP contribution is 2.31. The van der Waals surface area contributed by atoms with Gasteiger partial charge in [0.25, 0.3) is 5.91 Å². The van der Waals surface area contributed by atoms with E-state index in [1.54, 1.807) is 74.9 Å². The van der Waals surface area contributed by atoms with Gasteiger partial charge in [-0.15, -0.1) is 0 Å². The number of esters is 2. The van der Waals surface area contributed by atoms with E-state index in [1.165, 1.54) is 6.08 Å². The number of fused-ring (bicyclic) bond motifs is 1. The number of hydrogen-bond acceptors (Lipinski definition) is 6. The fourth-order valence-electron chi connectivity index (χ4n) is 3.42. The van der Waals surface area contributed by atoms with Crippen molar-refractivity contribution >= 4 is 40.3 Å². The van der Waals surface area contributed by atoms with Gasteiger partial charge in [0.05, 0.1) is 19.0 Å². The number of carbonyl (C=O) groups is 3. The quantitative estimate of drug-likeness (QED) is 0.279. The fraction of sp³-hybridized carbons (Fsp3) is 0.240. The lowest BCUT2D eigenvalue weighted by atomic mass is 10.1. The highest BCUT2D eigenvalue weighted by molar-refractivity contribution is 6.30. The van der Waals surface area contributed by atoms with Crippen LogP contribution in [0, 0.1) is 6.92 Å². The van der Waals surface area contributed by atoms with Crippen molar-refractivity contribution in [2.45, 2.75) is 27.2 Å². The Hall–Kier alpha value is -3.58. The number of allylic oxidation sites excluding steroid dienone is 1. The summed E-state index contributed by atoms with van der Waals surface area (Å²) in [4.78, 5) is 37.3. The molecule has 0 aliphatic carbocycles. The largest absolute Gasteiger partial charge is 0.497 e. The predicted octanol–water partition coefficient (Wildman–Crippen LogP) is 4.85. The molecule has 0 radical (unpaired) electrons. The van der Waals surface area contributed by atoms with Gasteiger partial charge in [0.2, 0.25) is 6.79 Å². The topological polar surface area (TPSA) is 83.8 Å². The van der Waals surface area contributed by atoms with E-state index in [0.29, 0.717) is 38.5 Å². The van der Waals surface area contributed by atoms with Crippen molar-refractivity contribution < 1.29 is 28.6 Å². The Bertz CT molecular complexity index is 1240. The Morgan fingerprint density at radius 2 is 1.73 bits per heavy atom. The van der Waals surface area contributed by atoms with E-state index in [0.717, 1.165) is 5.57 Å². The second-order valence-electron chi connectivity index (χ2n) is 7.59. The number of ether oxygens (including phenoxy) is 3. The predicted molar refractivity (Wildman–Crippen MR) is 125 cm³/mol. The van der Waals surface area contributed by atoms with Crippen molar-refractivity contribution in [1.29, 1.82) is 0 Å². The maximum atomic E-state index is 13.3. The highest BCUT2D eigenvalue weighted by Gasteiger charge is 2.22. The molecule has 0 saturated heterocycles. The standard InChI is InChI=1S/C25H24ClNO6/c1-15(2)11-23(28)32-14-33-24(29)13-20-16(3)27(22-10-9-19(31-4)12-21(20)22)25(30)17-5-7-18(26)8-6-17/h5-12H,13-14H2,1-4H3. The van der Waals surface area contributed by atoms with E-state index in [1.807, 2.05) is 0 Å². The number of rotatable bonds is 7. The zero-order valence-corrected chi connectivity index (χ0v) is 19.6. The molecule has 0 aliphatic heterocycles. The van der Waals surface area contributed by atoms with E-state index in [4.69, 9.17) is 25.8 Å². The van der Waals surface area contributed by atoms with Gasteiger partial charge >= 0.3 is 11.9 Å². The molecule has 0 unspecified atom stereocenters. The van der Waals surface area contributed by atoms with E-state index >= 15 is 0 Å². The molecule has 7 nitrogen and oxygen atoms in total. The van der Waals surface area contributed by atoms with Crippen LogP contribution >= 0.6 is 11.6 Å². The first-order valence-corrected chi connectivity index (χ1v) is 10.5. The molecule has 1 aromatic heterocycles. The molecule has 0 atom stereocenters. The summed E-state index contributed by atoms with van der Waals surface area (Å²) < 4.78 is 16.8. The van der Waals surface area contributed by atoms with Gasteiger partial charge < -0.3 is 14.2 Å². The summed E-state index contributed by atoms with van der Waals surface area (Å²) in [6.45, 7) is 4.78. The summed E-state index contributed by atoms with van der Waals surface area (Å²) in [5, 5.41) is 1.21. The lowest BCUT2D eigenvalue weighted by molar-refractivity contribution is -0.163. The molecule has 0 aliphatic rings. The summed E-state index contributed by atoms with van der Waals surface area (Å²) >= 11 is 5.95. The summed E-state index contributed by atoms with van der Waals surface area (Å²) in [5.41, 5.74) is 3.07. The third kappa shape index (κ3) is 5.62. The smallest absolute Gasteiger partial charge is 0.333 e. The molecule has 0 saturated carbocycles. The summed E-state index contributed by atoms with van der Waals surface area (Å²) in [6.07, 6.45) is 1.19. The van der Waals surface area contributed by atoms with Crippen LogP contribution in [0.4, 0.5) is 0 Å². The molecular weight excluding hydrogens is 446 g/mol. The van der Waals surface area contributed by atoms with Crippen LogP contribution in [0.1, 0.15) is 35.5 Å². The van der Waals surface area contributed by atoms with Crippen LogP contribution in [0.2, 0.25) is 5.02 Å². The molecule has 8 heteroatoms. The average Bonchev–Trinajstić information content (AvgIpc) is 3.03. The number of halogens is 1. The molecule has 0 bridgehead atoms. The van der Waals surface area contributed by atoms with Crippen molar-refractivity contribution in [3.63, 3.8) is 0 Å². The molecule has 0 amide bonds. The molecule has 0 fully saturated rings. The summed E-state index contributed by atoms with van der Waals surface area (Å²) in [7, 11) is 1.54. The van der Waals surface area contributed by atoms with E-state index in [-0.39, 0.29) is 12.3 Å². The number of methoxy groups -OCH3 is 1. The molecule has 0 N–H and O–H groups in total.